The molecule has 13 heavy (non-hydrogen) atoms. The maximum absolute atomic E-state index is 5.35. The van der Waals surface area contributed by atoms with Gasteiger partial charge in [0.1, 0.15) is 0 Å². The zero-order valence-corrected chi connectivity index (χ0v) is 8.33. The standard InChI is InChI=1S/C10H15N3/c1-5-10(2,3)11-8-9-6-7-12-13(9)4/h1,6-7,11H,8H2,2-4H3. The molecule has 0 aliphatic carbocycles. The van der Waals surface area contributed by atoms with Gasteiger partial charge >= 0.3 is 0 Å². The van der Waals surface area contributed by atoms with E-state index in [1.54, 1.807) is 6.20 Å². The first-order chi connectivity index (χ1) is 6.05. The number of rotatable bonds is 3. The first kappa shape index (κ1) is 9.82. The van der Waals surface area contributed by atoms with Crippen LogP contribution < -0.4 is 5.32 Å². The van der Waals surface area contributed by atoms with Gasteiger partial charge in [0.25, 0.3) is 0 Å². The Morgan fingerprint density at radius 3 is 2.85 bits per heavy atom. The summed E-state index contributed by atoms with van der Waals surface area (Å²) in [6.45, 7) is 4.69. The summed E-state index contributed by atoms with van der Waals surface area (Å²) in [5, 5.41) is 7.32. The molecule has 0 fully saturated rings. The third-order valence-electron chi connectivity index (χ3n) is 1.99. The van der Waals surface area contributed by atoms with Gasteiger partial charge < -0.3 is 0 Å². The van der Waals surface area contributed by atoms with Gasteiger partial charge in [-0.05, 0) is 19.9 Å². The molecule has 1 aromatic rings. The van der Waals surface area contributed by atoms with Crippen LogP contribution in [0.1, 0.15) is 19.5 Å². The zero-order valence-electron chi connectivity index (χ0n) is 8.33. The van der Waals surface area contributed by atoms with E-state index in [2.05, 4.69) is 16.3 Å². The Kier molecular flexibility index (Phi) is 2.74. The largest absolute Gasteiger partial charge is 0.296 e. The normalized spacial score (nSPS) is 11.2. The molecular weight excluding hydrogens is 162 g/mol. The molecule has 0 aliphatic rings. The highest BCUT2D eigenvalue weighted by atomic mass is 15.3. The van der Waals surface area contributed by atoms with Crippen LogP contribution >= 0.6 is 0 Å². The summed E-state index contributed by atoms with van der Waals surface area (Å²) in [6, 6.07) is 1.97. The van der Waals surface area contributed by atoms with Gasteiger partial charge in [-0.25, -0.2) is 0 Å². The minimum atomic E-state index is -0.260. The van der Waals surface area contributed by atoms with Crippen molar-refractivity contribution in [1.82, 2.24) is 15.1 Å². The Hall–Kier alpha value is -1.27. The zero-order chi connectivity index (χ0) is 9.90. The maximum Gasteiger partial charge on any atom is 0.0744 e. The van der Waals surface area contributed by atoms with E-state index in [9.17, 15) is 0 Å². The van der Waals surface area contributed by atoms with Gasteiger partial charge in [0.2, 0.25) is 0 Å². The van der Waals surface area contributed by atoms with Crippen molar-refractivity contribution in [1.29, 1.82) is 0 Å². The molecule has 1 heterocycles. The van der Waals surface area contributed by atoms with Crippen molar-refractivity contribution in [2.24, 2.45) is 7.05 Å². The molecule has 0 radical (unpaired) electrons. The lowest BCUT2D eigenvalue weighted by atomic mass is 10.1. The lowest BCUT2D eigenvalue weighted by Crippen LogP contribution is -2.37. The Morgan fingerprint density at radius 1 is 1.69 bits per heavy atom. The quantitative estimate of drug-likeness (QED) is 0.696. The molecule has 3 nitrogen and oxygen atoms in total. The number of hydrogen-bond donors (Lipinski definition) is 1. The van der Waals surface area contributed by atoms with E-state index in [1.165, 1.54) is 0 Å². The molecule has 0 spiro atoms. The van der Waals surface area contributed by atoms with Crippen LogP contribution in [-0.4, -0.2) is 15.3 Å². The molecular formula is C10H15N3. The summed E-state index contributed by atoms with van der Waals surface area (Å²) in [4.78, 5) is 0. The molecule has 0 saturated carbocycles. The summed E-state index contributed by atoms with van der Waals surface area (Å²) in [6.07, 6.45) is 7.13. The van der Waals surface area contributed by atoms with Crippen molar-refractivity contribution in [2.45, 2.75) is 25.9 Å². The lowest BCUT2D eigenvalue weighted by Gasteiger charge is -2.19. The number of nitrogens with zero attached hydrogens (tertiary/aromatic N) is 2. The van der Waals surface area contributed by atoms with Crippen LogP contribution in [0.5, 0.6) is 0 Å². The number of aromatic nitrogens is 2. The van der Waals surface area contributed by atoms with E-state index in [-0.39, 0.29) is 5.54 Å². The number of aryl methyl sites for hydroxylation is 1. The fourth-order valence-electron chi connectivity index (χ4n) is 0.937. The molecule has 0 aromatic carbocycles. The highest BCUT2D eigenvalue weighted by Gasteiger charge is 2.12. The van der Waals surface area contributed by atoms with E-state index in [1.807, 2.05) is 31.6 Å². The molecule has 1 aromatic heterocycles. The molecule has 0 amide bonds. The van der Waals surface area contributed by atoms with Gasteiger partial charge in [0, 0.05) is 19.8 Å². The summed E-state index contributed by atoms with van der Waals surface area (Å²) in [7, 11) is 1.92. The number of terminal acetylenes is 1. The van der Waals surface area contributed by atoms with Gasteiger partial charge in [0.15, 0.2) is 0 Å². The topological polar surface area (TPSA) is 29.9 Å². The highest BCUT2D eigenvalue weighted by Crippen LogP contribution is 2.02. The van der Waals surface area contributed by atoms with Crippen LogP contribution in [0.3, 0.4) is 0 Å². The molecule has 0 saturated heterocycles. The molecule has 3 heteroatoms. The lowest BCUT2D eigenvalue weighted by molar-refractivity contribution is 0.477. The molecule has 0 bridgehead atoms. The minimum absolute atomic E-state index is 0.260. The van der Waals surface area contributed by atoms with Crippen molar-refractivity contribution < 1.29 is 0 Å². The molecule has 1 N–H and O–H groups in total. The summed E-state index contributed by atoms with van der Waals surface area (Å²) in [5.41, 5.74) is 0.868. The van der Waals surface area contributed by atoms with Gasteiger partial charge in [-0.3, -0.25) is 10.00 Å². The molecule has 0 unspecified atom stereocenters. The average Bonchev–Trinajstić information content (AvgIpc) is 2.48. The van der Waals surface area contributed by atoms with Gasteiger partial charge in [0.05, 0.1) is 11.2 Å². The summed E-state index contributed by atoms with van der Waals surface area (Å²) >= 11 is 0. The fraction of sp³-hybridized carbons (Fsp3) is 0.500. The van der Waals surface area contributed by atoms with Crippen molar-refractivity contribution in [2.75, 3.05) is 0 Å². The Labute approximate surface area is 79.1 Å². The monoisotopic (exact) mass is 177 g/mol. The van der Waals surface area contributed by atoms with Crippen molar-refractivity contribution >= 4 is 0 Å². The van der Waals surface area contributed by atoms with E-state index < -0.39 is 0 Å². The van der Waals surface area contributed by atoms with Crippen LogP contribution in [0.4, 0.5) is 0 Å². The van der Waals surface area contributed by atoms with Crippen LogP contribution in [0.15, 0.2) is 12.3 Å². The second-order valence-electron chi connectivity index (χ2n) is 3.57. The van der Waals surface area contributed by atoms with Crippen molar-refractivity contribution in [3.05, 3.63) is 18.0 Å². The average molecular weight is 177 g/mol. The second kappa shape index (κ2) is 3.63. The van der Waals surface area contributed by atoms with Crippen LogP contribution in [0.25, 0.3) is 0 Å². The Morgan fingerprint density at radius 2 is 2.38 bits per heavy atom. The molecule has 1 rings (SSSR count). The third kappa shape index (κ3) is 2.60. The molecule has 0 aliphatic heterocycles. The smallest absolute Gasteiger partial charge is 0.0744 e. The van der Waals surface area contributed by atoms with E-state index in [0.29, 0.717) is 0 Å². The summed E-state index contributed by atoms with van der Waals surface area (Å²) in [5.74, 6) is 2.68. The van der Waals surface area contributed by atoms with Crippen LogP contribution in [0.2, 0.25) is 0 Å². The fourth-order valence-corrected chi connectivity index (χ4v) is 0.937. The van der Waals surface area contributed by atoms with Crippen molar-refractivity contribution in [3.8, 4) is 12.3 Å². The minimum Gasteiger partial charge on any atom is -0.296 e. The number of hydrogen-bond acceptors (Lipinski definition) is 2. The van der Waals surface area contributed by atoms with Crippen LogP contribution in [0, 0.1) is 12.3 Å². The van der Waals surface area contributed by atoms with Crippen molar-refractivity contribution in [3.63, 3.8) is 0 Å². The SMILES string of the molecule is C#CC(C)(C)NCc1ccnn1C. The second-order valence-corrected chi connectivity index (χ2v) is 3.57. The van der Waals surface area contributed by atoms with E-state index in [4.69, 9.17) is 6.42 Å². The Balaban J connectivity index is 2.54. The van der Waals surface area contributed by atoms with Gasteiger partial charge in [-0.2, -0.15) is 5.10 Å². The molecule has 70 valence electrons. The van der Waals surface area contributed by atoms with Gasteiger partial charge in [-0.15, -0.1) is 6.42 Å². The predicted octanol–water partition coefficient (Wildman–Crippen LogP) is 0.921. The summed E-state index contributed by atoms with van der Waals surface area (Å²) < 4.78 is 1.83. The van der Waals surface area contributed by atoms with Gasteiger partial charge in [-0.1, -0.05) is 5.92 Å². The molecule has 0 atom stereocenters. The Bertz CT molecular complexity index is 317. The number of nitrogens with one attached hydrogen (secondary N) is 1. The third-order valence-corrected chi connectivity index (χ3v) is 1.99. The van der Waals surface area contributed by atoms with Crippen LogP contribution in [-0.2, 0) is 13.6 Å². The first-order valence-corrected chi connectivity index (χ1v) is 4.25. The first-order valence-electron chi connectivity index (χ1n) is 4.25. The maximum atomic E-state index is 5.35. The van der Waals surface area contributed by atoms with E-state index >= 15 is 0 Å². The highest BCUT2D eigenvalue weighted by molar-refractivity contribution is 5.09. The van der Waals surface area contributed by atoms with E-state index in [0.717, 1.165) is 12.2 Å². The predicted molar refractivity (Wildman–Crippen MR) is 53.0 cm³/mol.